The van der Waals surface area contributed by atoms with Gasteiger partial charge in [-0.1, -0.05) is 51.1 Å². The van der Waals surface area contributed by atoms with Crippen molar-refractivity contribution in [1.29, 1.82) is 0 Å². The van der Waals surface area contributed by atoms with Crippen LogP contribution >= 0.6 is 0 Å². The number of hydrogen-bond donors (Lipinski definition) is 0. The van der Waals surface area contributed by atoms with Gasteiger partial charge in [-0.25, -0.2) is 4.79 Å². The number of aromatic nitrogens is 2. The zero-order chi connectivity index (χ0) is 16.2. The lowest BCUT2D eigenvalue weighted by atomic mass is 9.89. The first kappa shape index (κ1) is 16.0. The predicted molar refractivity (Wildman–Crippen MR) is 87.5 cm³/mol. The molecule has 0 aliphatic heterocycles. The van der Waals surface area contributed by atoms with Crippen molar-refractivity contribution in [2.75, 3.05) is 7.11 Å². The Morgan fingerprint density at radius 1 is 1.27 bits per heavy atom. The summed E-state index contributed by atoms with van der Waals surface area (Å²) >= 11 is 0. The molecule has 0 aliphatic carbocycles. The van der Waals surface area contributed by atoms with E-state index in [2.05, 4.69) is 37.6 Å². The van der Waals surface area contributed by atoms with Crippen molar-refractivity contribution in [3.63, 3.8) is 0 Å². The normalized spacial score (nSPS) is 11.8. The molecule has 0 saturated heterocycles. The van der Waals surface area contributed by atoms with Crippen molar-refractivity contribution in [2.45, 2.75) is 32.7 Å². The van der Waals surface area contributed by atoms with E-state index in [4.69, 9.17) is 5.10 Å². The van der Waals surface area contributed by atoms with Gasteiger partial charge in [0.25, 0.3) is 0 Å². The number of benzene rings is 1. The first-order chi connectivity index (χ1) is 10.4. The fraction of sp³-hybridized carbons (Fsp3) is 0.333. The molecule has 4 nitrogen and oxygen atoms in total. The van der Waals surface area contributed by atoms with Gasteiger partial charge in [-0.2, -0.15) is 5.10 Å². The molecule has 1 aromatic heterocycles. The Morgan fingerprint density at radius 2 is 1.95 bits per heavy atom. The smallest absolute Gasteiger partial charge is 0.330 e. The van der Waals surface area contributed by atoms with Gasteiger partial charge in [-0.05, 0) is 11.6 Å². The quantitative estimate of drug-likeness (QED) is 0.642. The lowest BCUT2D eigenvalue weighted by Gasteiger charge is -2.16. The van der Waals surface area contributed by atoms with Crippen LogP contribution in [0.5, 0.6) is 0 Å². The predicted octanol–water partition coefficient (Wildman–Crippen LogP) is 3.42. The van der Waals surface area contributed by atoms with Gasteiger partial charge in [0.05, 0.1) is 19.3 Å². The van der Waals surface area contributed by atoms with Crippen molar-refractivity contribution >= 4 is 12.0 Å². The Bertz CT molecular complexity index is 664. The molecule has 0 radical (unpaired) electrons. The Labute approximate surface area is 131 Å². The molecule has 2 aromatic rings. The van der Waals surface area contributed by atoms with Crippen LogP contribution in [0.15, 0.2) is 42.6 Å². The first-order valence-electron chi connectivity index (χ1n) is 7.28. The molecule has 4 heteroatoms. The molecule has 22 heavy (non-hydrogen) atoms. The molecule has 0 aliphatic rings. The number of carbonyl (C=O) groups excluding carboxylic acids is 1. The van der Waals surface area contributed by atoms with Gasteiger partial charge >= 0.3 is 5.97 Å². The van der Waals surface area contributed by atoms with E-state index in [0.717, 1.165) is 11.3 Å². The highest BCUT2D eigenvalue weighted by molar-refractivity contribution is 5.87. The highest BCUT2D eigenvalue weighted by Gasteiger charge is 2.21. The van der Waals surface area contributed by atoms with Crippen molar-refractivity contribution in [2.24, 2.45) is 0 Å². The summed E-state index contributed by atoms with van der Waals surface area (Å²) in [6.45, 7) is 7.03. The molecule has 0 bridgehead atoms. The maximum Gasteiger partial charge on any atom is 0.330 e. The summed E-state index contributed by atoms with van der Waals surface area (Å²) in [5.74, 6) is -0.365. The molecule has 116 valence electrons. The fourth-order valence-corrected chi connectivity index (χ4v) is 2.22. The lowest BCUT2D eigenvalue weighted by Crippen LogP contribution is -2.14. The fourth-order valence-electron chi connectivity index (χ4n) is 2.22. The molecule has 0 amide bonds. The van der Waals surface area contributed by atoms with E-state index in [0.29, 0.717) is 6.54 Å². The van der Waals surface area contributed by atoms with Crippen LogP contribution in [0.2, 0.25) is 0 Å². The molecular weight excluding hydrogens is 276 g/mol. The number of esters is 1. The van der Waals surface area contributed by atoms with Crippen LogP contribution in [0.1, 0.15) is 37.6 Å². The maximum atomic E-state index is 11.3. The topological polar surface area (TPSA) is 44.1 Å². The van der Waals surface area contributed by atoms with Gasteiger partial charge in [0.1, 0.15) is 0 Å². The molecule has 0 saturated carbocycles. The Hall–Kier alpha value is -2.36. The van der Waals surface area contributed by atoms with E-state index >= 15 is 0 Å². The number of rotatable bonds is 4. The molecule has 0 spiro atoms. The number of carbonyl (C=O) groups is 1. The molecule has 2 rings (SSSR count). The van der Waals surface area contributed by atoms with Crippen LogP contribution in [-0.4, -0.2) is 22.9 Å². The van der Waals surface area contributed by atoms with Crippen molar-refractivity contribution in [3.8, 4) is 0 Å². The average Bonchev–Trinajstić information content (AvgIpc) is 2.89. The third kappa shape index (κ3) is 4.07. The van der Waals surface area contributed by atoms with Crippen molar-refractivity contribution < 1.29 is 9.53 Å². The third-order valence-corrected chi connectivity index (χ3v) is 3.29. The van der Waals surface area contributed by atoms with Crippen LogP contribution in [0.25, 0.3) is 6.08 Å². The van der Waals surface area contributed by atoms with E-state index in [-0.39, 0.29) is 11.4 Å². The number of methoxy groups -OCH3 is 1. The average molecular weight is 298 g/mol. The van der Waals surface area contributed by atoms with Gasteiger partial charge in [0.15, 0.2) is 0 Å². The number of ether oxygens (including phenoxy) is 1. The molecule has 0 N–H and O–H groups in total. The molecule has 1 aromatic carbocycles. The first-order valence-corrected chi connectivity index (χ1v) is 7.28. The second kappa shape index (κ2) is 6.60. The summed E-state index contributed by atoms with van der Waals surface area (Å²) in [6.07, 6.45) is 5.16. The van der Waals surface area contributed by atoms with Gasteiger partial charge < -0.3 is 4.74 Å². The van der Waals surface area contributed by atoms with Crippen molar-refractivity contribution in [1.82, 2.24) is 9.78 Å². The number of nitrogens with zero attached hydrogens (tertiary/aromatic N) is 2. The van der Waals surface area contributed by atoms with Gasteiger partial charge in [-0.3, -0.25) is 4.68 Å². The van der Waals surface area contributed by atoms with Gasteiger partial charge in [-0.15, -0.1) is 0 Å². The zero-order valence-electron chi connectivity index (χ0n) is 13.5. The van der Waals surface area contributed by atoms with E-state index in [1.165, 1.54) is 18.7 Å². The van der Waals surface area contributed by atoms with Crippen LogP contribution < -0.4 is 0 Å². The highest BCUT2D eigenvalue weighted by atomic mass is 16.5. The van der Waals surface area contributed by atoms with E-state index in [1.54, 1.807) is 6.08 Å². The van der Waals surface area contributed by atoms with Gasteiger partial charge in [0.2, 0.25) is 0 Å². The summed E-state index contributed by atoms with van der Waals surface area (Å²) in [7, 11) is 1.37. The minimum atomic E-state index is -0.365. The monoisotopic (exact) mass is 298 g/mol. The Balaban J connectivity index is 2.32. The van der Waals surface area contributed by atoms with E-state index < -0.39 is 0 Å². The van der Waals surface area contributed by atoms with Crippen LogP contribution in [0.3, 0.4) is 0 Å². The summed E-state index contributed by atoms with van der Waals surface area (Å²) in [4.78, 5) is 11.3. The lowest BCUT2D eigenvalue weighted by molar-refractivity contribution is -0.134. The molecular formula is C18H22N2O2. The third-order valence-electron chi connectivity index (χ3n) is 3.29. The van der Waals surface area contributed by atoms with Crippen LogP contribution in [0.4, 0.5) is 0 Å². The largest absolute Gasteiger partial charge is 0.466 e. The molecule has 1 heterocycles. The van der Waals surface area contributed by atoms with Gasteiger partial charge in [0, 0.05) is 23.3 Å². The minimum Gasteiger partial charge on any atom is -0.466 e. The zero-order valence-corrected chi connectivity index (χ0v) is 13.5. The van der Waals surface area contributed by atoms with Crippen molar-refractivity contribution in [3.05, 3.63) is 59.4 Å². The summed E-state index contributed by atoms with van der Waals surface area (Å²) in [5, 5.41) is 4.69. The Morgan fingerprint density at radius 3 is 2.55 bits per heavy atom. The molecule has 0 atom stereocenters. The maximum absolute atomic E-state index is 11.3. The molecule has 0 fully saturated rings. The standard InChI is InChI=1S/C18H22N2O2/c1-18(2,3)17-15(10-11-16(21)22-4)13-20(19-17)12-14-8-6-5-7-9-14/h5-11,13H,12H2,1-4H3/b11-10+. The SMILES string of the molecule is COC(=O)/C=C/c1cn(Cc2ccccc2)nc1C(C)(C)C. The summed E-state index contributed by atoms with van der Waals surface area (Å²) < 4.78 is 6.56. The summed E-state index contributed by atoms with van der Waals surface area (Å²) in [5.41, 5.74) is 2.99. The molecule has 0 unspecified atom stereocenters. The summed E-state index contributed by atoms with van der Waals surface area (Å²) in [6, 6.07) is 10.2. The number of hydrogen-bond acceptors (Lipinski definition) is 3. The Kier molecular flexibility index (Phi) is 4.81. The van der Waals surface area contributed by atoms with E-state index in [1.807, 2.05) is 29.1 Å². The van der Waals surface area contributed by atoms with Crippen LogP contribution in [0, 0.1) is 0 Å². The second-order valence-corrected chi connectivity index (χ2v) is 6.22. The second-order valence-electron chi connectivity index (χ2n) is 6.22. The van der Waals surface area contributed by atoms with Crippen LogP contribution in [-0.2, 0) is 21.5 Å². The minimum absolute atomic E-state index is 0.0995. The highest BCUT2D eigenvalue weighted by Crippen LogP contribution is 2.25. The van der Waals surface area contributed by atoms with E-state index in [9.17, 15) is 4.79 Å².